The van der Waals surface area contributed by atoms with Gasteiger partial charge >= 0.3 is 0 Å². The number of nitrogens with zero attached hydrogens (tertiary/aromatic N) is 3. The van der Waals surface area contributed by atoms with Crippen LogP contribution in [0.3, 0.4) is 0 Å². The predicted molar refractivity (Wildman–Crippen MR) is 104 cm³/mol. The Hall–Kier alpha value is -1.16. The lowest BCUT2D eigenvalue weighted by Gasteiger charge is -2.11. The average molecular weight is 397 g/mol. The van der Waals surface area contributed by atoms with Crippen LogP contribution in [0.15, 0.2) is 32.9 Å². The first kappa shape index (κ1) is 17.7. The molecule has 1 N–H and O–H groups in total. The minimum absolute atomic E-state index is 0.0500. The van der Waals surface area contributed by atoms with Crippen LogP contribution in [0.5, 0.6) is 0 Å². The number of thioether (sulfide) groups is 2. The summed E-state index contributed by atoms with van der Waals surface area (Å²) in [5.41, 5.74) is 0.977. The molecule has 0 saturated heterocycles. The average Bonchev–Trinajstić information content (AvgIpc) is 3.18. The van der Waals surface area contributed by atoms with Crippen molar-refractivity contribution in [1.29, 1.82) is 0 Å². The molecule has 3 aromatic rings. The molecule has 126 valence electrons. The Morgan fingerprint density at radius 3 is 2.79 bits per heavy atom. The molecule has 1 atom stereocenters. The van der Waals surface area contributed by atoms with Gasteiger partial charge in [0.1, 0.15) is 0 Å². The second-order valence-corrected chi connectivity index (χ2v) is 9.73. The van der Waals surface area contributed by atoms with Crippen LogP contribution in [0.25, 0.3) is 10.2 Å². The van der Waals surface area contributed by atoms with Crippen LogP contribution in [-0.2, 0) is 4.79 Å². The number of carbonyl (C=O) groups is 1. The number of carbonyl (C=O) groups excluding carboxylic acids is 1. The standard InChI is InChI=1S/C15H16N4OS4/c1-3-10(12(20)17-13-18-19-15(24-13)21-4-2)22-14-16-9-7-5-6-8-11(9)23-14/h5-8,10H,3-4H2,1-2H3,(H,17,18,20). The number of hydrogen-bond donors (Lipinski definition) is 1. The molecule has 1 unspecified atom stereocenters. The highest BCUT2D eigenvalue weighted by Crippen LogP contribution is 2.34. The Balaban J connectivity index is 1.66. The Bertz CT molecular complexity index is 799. The number of anilines is 1. The molecule has 9 heteroatoms. The number of fused-ring (bicyclic) bond motifs is 1. The maximum absolute atomic E-state index is 12.5. The zero-order chi connectivity index (χ0) is 16.9. The van der Waals surface area contributed by atoms with Gasteiger partial charge < -0.3 is 0 Å². The van der Waals surface area contributed by atoms with Crippen molar-refractivity contribution in [2.75, 3.05) is 11.1 Å². The van der Waals surface area contributed by atoms with Crippen molar-refractivity contribution in [2.24, 2.45) is 0 Å². The summed E-state index contributed by atoms with van der Waals surface area (Å²) in [4.78, 5) is 17.1. The highest BCUT2D eigenvalue weighted by atomic mass is 32.2. The lowest BCUT2D eigenvalue weighted by molar-refractivity contribution is -0.115. The molecule has 0 spiro atoms. The van der Waals surface area contributed by atoms with Crippen LogP contribution >= 0.6 is 46.2 Å². The van der Waals surface area contributed by atoms with Gasteiger partial charge in [0.05, 0.1) is 15.5 Å². The number of thiazole rings is 1. The second-order valence-electron chi connectivity index (χ2n) is 4.76. The van der Waals surface area contributed by atoms with Gasteiger partial charge in [-0.05, 0) is 24.3 Å². The largest absolute Gasteiger partial charge is 0.300 e. The van der Waals surface area contributed by atoms with E-state index in [0.29, 0.717) is 5.13 Å². The topological polar surface area (TPSA) is 67.8 Å². The van der Waals surface area contributed by atoms with E-state index in [-0.39, 0.29) is 11.2 Å². The van der Waals surface area contributed by atoms with Gasteiger partial charge in [0.2, 0.25) is 11.0 Å². The molecule has 0 aliphatic carbocycles. The van der Waals surface area contributed by atoms with E-state index in [9.17, 15) is 4.79 Å². The third kappa shape index (κ3) is 4.27. The van der Waals surface area contributed by atoms with Gasteiger partial charge in [-0.25, -0.2) is 4.98 Å². The number of nitrogens with one attached hydrogen (secondary N) is 1. The summed E-state index contributed by atoms with van der Waals surface area (Å²) in [6.07, 6.45) is 0.724. The molecule has 0 bridgehead atoms. The molecule has 0 aliphatic heterocycles. The van der Waals surface area contributed by atoms with Gasteiger partial charge in [0.15, 0.2) is 8.68 Å². The summed E-state index contributed by atoms with van der Waals surface area (Å²) >= 11 is 6.16. The van der Waals surface area contributed by atoms with Crippen molar-refractivity contribution >= 4 is 67.5 Å². The van der Waals surface area contributed by atoms with E-state index in [1.54, 1.807) is 23.1 Å². The van der Waals surface area contributed by atoms with E-state index in [1.165, 1.54) is 23.1 Å². The Kier molecular flexibility index (Phi) is 6.09. The van der Waals surface area contributed by atoms with Gasteiger partial charge in [-0.2, -0.15) is 0 Å². The lowest BCUT2D eigenvalue weighted by atomic mass is 10.3. The van der Waals surface area contributed by atoms with Crippen LogP contribution in [0.4, 0.5) is 5.13 Å². The number of amides is 1. The summed E-state index contributed by atoms with van der Waals surface area (Å²) in [7, 11) is 0. The van der Waals surface area contributed by atoms with Crippen molar-refractivity contribution < 1.29 is 4.79 Å². The molecule has 5 nitrogen and oxygen atoms in total. The Labute approximate surface area is 156 Å². The van der Waals surface area contributed by atoms with Crippen LogP contribution in [0.1, 0.15) is 20.3 Å². The molecule has 0 aliphatic rings. The minimum atomic E-state index is -0.197. The molecular formula is C15H16N4OS4. The van der Waals surface area contributed by atoms with Crippen LogP contribution in [0, 0.1) is 0 Å². The molecule has 1 aromatic carbocycles. The van der Waals surface area contributed by atoms with E-state index in [0.717, 1.165) is 31.1 Å². The van der Waals surface area contributed by atoms with Gasteiger partial charge in [0, 0.05) is 0 Å². The molecule has 2 aromatic heterocycles. The zero-order valence-electron chi connectivity index (χ0n) is 13.2. The number of hydrogen-bond acceptors (Lipinski definition) is 8. The first-order valence-corrected chi connectivity index (χ1v) is 11.0. The van der Waals surface area contributed by atoms with E-state index in [1.807, 2.05) is 31.2 Å². The molecular weight excluding hydrogens is 380 g/mol. The second kappa shape index (κ2) is 8.28. The summed E-state index contributed by atoms with van der Waals surface area (Å²) < 4.78 is 2.93. The number of rotatable bonds is 7. The number of benzene rings is 1. The van der Waals surface area contributed by atoms with Crippen LogP contribution in [-0.4, -0.2) is 32.1 Å². The summed E-state index contributed by atoms with van der Waals surface area (Å²) in [6, 6.07) is 8.01. The Morgan fingerprint density at radius 1 is 1.21 bits per heavy atom. The summed E-state index contributed by atoms with van der Waals surface area (Å²) in [5.74, 6) is 0.888. The third-order valence-corrected chi connectivity index (χ3v) is 7.43. The maximum Gasteiger partial charge on any atom is 0.239 e. The molecule has 2 heterocycles. The Morgan fingerprint density at radius 2 is 2.04 bits per heavy atom. The van der Waals surface area contributed by atoms with Crippen molar-refractivity contribution in [3.63, 3.8) is 0 Å². The molecule has 1 amide bonds. The van der Waals surface area contributed by atoms with Crippen molar-refractivity contribution in [1.82, 2.24) is 15.2 Å². The van der Waals surface area contributed by atoms with Crippen LogP contribution in [0.2, 0.25) is 0 Å². The first-order valence-electron chi connectivity index (χ1n) is 7.49. The van der Waals surface area contributed by atoms with Crippen molar-refractivity contribution in [3.8, 4) is 0 Å². The van der Waals surface area contributed by atoms with Gasteiger partial charge in [-0.15, -0.1) is 21.5 Å². The van der Waals surface area contributed by atoms with E-state index in [2.05, 4.69) is 27.4 Å². The summed E-state index contributed by atoms with van der Waals surface area (Å²) in [6.45, 7) is 4.06. The minimum Gasteiger partial charge on any atom is -0.300 e. The molecule has 24 heavy (non-hydrogen) atoms. The van der Waals surface area contributed by atoms with Crippen molar-refractivity contribution in [3.05, 3.63) is 24.3 Å². The predicted octanol–water partition coefficient (Wildman–Crippen LogP) is 4.77. The molecule has 3 rings (SSSR count). The first-order chi connectivity index (χ1) is 11.7. The fourth-order valence-corrected chi connectivity index (χ4v) is 5.86. The lowest BCUT2D eigenvalue weighted by Crippen LogP contribution is -2.24. The maximum atomic E-state index is 12.5. The van der Waals surface area contributed by atoms with Crippen LogP contribution < -0.4 is 5.32 Å². The normalized spacial score (nSPS) is 12.4. The van der Waals surface area contributed by atoms with Crippen molar-refractivity contribution in [2.45, 2.75) is 34.2 Å². The fraction of sp³-hybridized carbons (Fsp3) is 0.333. The monoisotopic (exact) mass is 396 g/mol. The highest BCUT2D eigenvalue weighted by Gasteiger charge is 2.21. The third-order valence-electron chi connectivity index (χ3n) is 3.08. The molecule has 0 fully saturated rings. The van der Waals surface area contributed by atoms with E-state index < -0.39 is 0 Å². The van der Waals surface area contributed by atoms with Gasteiger partial charge in [0.25, 0.3) is 0 Å². The van der Waals surface area contributed by atoms with E-state index >= 15 is 0 Å². The fourth-order valence-electron chi connectivity index (χ4n) is 1.97. The quantitative estimate of drug-likeness (QED) is 0.458. The van der Waals surface area contributed by atoms with Gasteiger partial charge in [-0.3, -0.25) is 10.1 Å². The zero-order valence-corrected chi connectivity index (χ0v) is 16.4. The molecule has 0 radical (unpaired) electrons. The SMILES string of the molecule is CCSc1nnc(NC(=O)C(CC)Sc2nc3ccccc3s2)s1. The van der Waals surface area contributed by atoms with E-state index in [4.69, 9.17) is 0 Å². The summed E-state index contributed by atoms with van der Waals surface area (Å²) in [5, 5.41) is 11.3. The number of aromatic nitrogens is 3. The highest BCUT2D eigenvalue weighted by molar-refractivity contribution is 8.02. The number of para-hydroxylation sites is 1. The molecule has 0 saturated carbocycles. The smallest absolute Gasteiger partial charge is 0.239 e. The van der Waals surface area contributed by atoms with Gasteiger partial charge in [-0.1, -0.05) is 60.8 Å².